The molecule has 0 aromatic carbocycles. The Bertz CT molecular complexity index is 443. The minimum absolute atomic E-state index is 0.0934. The van der Waals surface area contributed by atoms with E-state index >= 15 is 0 Å². The lowest BCUT2D eigenvalue weighted by Crippen LogP contribution is -2.38. The van der Waals surface area contributed by atoms with E-state index in [1.165, 1.54) is 11.4 Å². The molecule has 8 heteroatoms. The maximum Gasteiger partial charge on any atom is 0.279 e. The lowest BCUT2D eigenvalue weighted by atomic mass is 10.4. The van der Waals surface area contributed by atoms with E-state index < -0.39 is 10.2 Å². The molecule has 0 saturated carbocycles. The van der Waals surface area contributed by atoms with E-state index in [4.69, 9.17) is 10.3 Å². The largest absolute Gasteiger partial charge is 0.360 e. The van der Waals surface area contributed by atoms with Crippen molar-refractivity contribution in [2.24, 2.45) is 5.73 Å². The van der Waals surface area contributed by atoms with Crippen molar-refractivity contribution >= 4 is 10.2 Å². The van der Waals surface area contributed by atoms with Crippen molar-refractivity contribution in [2.75, 3.05) is 20.1 Å². The Morgan fingerprint density at radius 3 is 2.82 bits per heavy atom. The van der Waals surface area contributed by atoms with Gasteiger partial charge in [0.1, 0.15) is 0 Å². The highest BCUT2D eigenvalue weighted by Crippen LogP contribution is 2.03. The van der Waals surface area contributed by atoms with E-state index in [0.29, 0.717) is 25.3 Å². The van der Waals surface area contributed by atoms with E-state index in [1.54, 1.807) is 13.0 Å². The molecule has 1 heterocycles. The molecule has 0 unspecified atom stereocenters. The maximum atomic E-state index is 11.7. The van der Waals surface area contributed by atoms with Crippen LogP contribution in [0.2, 0.25) is 0 Å². The van der Waals surface area contributed by atoms with Crippen LogP contribution in [0.4, 0.5) is 0 Å². The van der Waals surface area contributed by atoms with Crippen molar-refractivity contribution in [3.05, 3.63) is 17.5 Å². The highest BCUT2D eigenvalue weighted by molar-refractivity contribution is 7.87. The van der Waals surface area contributed by atoms with Gasteiger partial charge in [-0.3, -0.25) is 0 Å². The van der Waals surface area contributed by atoms with Crippen LogP contribution in [-0.4, -0.2) is 38.0 Å². The van der Waals surface area contributed by atoms with Crippen LogP contribution >= 0.6 is 0 Å². The van der Waals surface area contributed by atoms with Crippen molar-refractivity contribution in [1.29, 1.82) is 0 Å². The summed E-state index contributed by atoms with van der Waals surface area (Å²) in [5, 5.41) is 3.67. The van der Waals surface area contributed by atoms with Gasteiger partial charge in [0.15, 0.2) is 5.76 Å². The fourth-order valence-electron chi connectivity index (χ4n) is 1.21. The highest BCUT2D eigenvalue weighted by atomic mass is 32.2. The molecule has 0 bridgehead atoms. The fourth-order valence-corrected chi connectivity index (χ4v) is 2.12. The van der Waals surface area contributed by atoms with Crippen molar-refractivity contribution in [3.63, 3.8) is 0 Å². The van der Waals surface area contributed by atoms with E-state index in [0.717, 1.165) is 5.69 Å². The molecule has 0 saturated heterocycles. The second-order valence-electron chi connectivity index (χ2n) is 3.72. The predicted molar refractivity (Wildman–Crippen MR) is 63.3 cm³/mol. The van der Waals surface area contributed by atoms with Crippen LogP contribution in [0.25, 0.3) is 0 Å². The Hall–Kier alpha value is -0.960. The van der Waals surface area contributed by atoms with Crippen LogP contribution < -0.4 is 10.5 Å². The minimum Gasteiger partial charge on any atom is -0.360 e. The first-order chi connectivity index (χ1) is 7.95. The number of hydrogen-bond donors (Lipinski definition) is 2. The SMILES string of the molecule is Cc1cc(CNS(=O)(=O)N(C)CCCN)on1. The summed E-state index contributed by atoms with van der Waals surface area (Å²) in [5.74, 6) is 0.485. The molecule has 0 radical (unpaired) electrons. The average molecular weight is 262 g/mol. The predicted octanol–water partition coefficient (Wildman–Crippen LogP) is -0.402. The van der Waals surface area contributed by atoms with Crippen LogP contribution in [0.5, 0.6) is 0 Å². The third-order valence-electron chi connectivity index (χ3n) is 2.19. The van der Waals surface area contributed by atoms with Gasteiger partial charge in [0.05, 0.1) is 12.2 Å². The molecule has 1 aromatic heterocycles. The standard InChI is InChI=1S/C9H18N4O3S/c1-8-6-9(16-12-8)7-11-17(14,15)13(2)5-3-4-10/h6,11H,3-5,7,10H2,1-2H3. The molecule has 0 atom stereocenters. The van der Waals surface area contributed by atoms with Gasteiger partial charge in [-0.2, -0.15) is 17.4 Å². The van der Waals surface area contributed by atoms with Gasteiger partial charge in [-0.1, -0.05) is 5.16 Å². The average Bonchev–Trinajstić information content (AvgIpc) is 2.69. The first kappa shape index (κ1) is 14.1. The van der Waals surface area contributed by atoms with Crippen molar-refractivity contribution in [1.82, 2.24) is 14.2 Å². The number of hydrogen-bond acceptors (Lipinski definition) is 5. The van der Waals surface area contributed by atoms with E-state index in [2.05, 4.69) is 9.88 Å². The quantitative estimate of drug-likeness (QED) is 0.696. The molecule has 17 heavy (non-hydrogen) atoms. The maximum absolute atomic E-state index is 11.7. The summed E-state index contributed by atoms with van der Waals surface area (Å²) in [6, 6.07) is 1.68. The Balaban J connectivity index is 2.49. The van der Waals surface area contributed by atoms with Crippen molar-refractivity contribution < 1.29 is 12.9 Å². The number of aromatic nitrogens is 1. The van der Waals surface area contributed by atoms with Gasteiger partial charge in [-0.15, -0.1) is 0 Å². The van der Waals surface area contributed by atoms with Gasteiger partial charge >= 0.3 is 0 Å². The summed E-state index contributed by atoms with van der Waals surface area (Å²) in [6.45, 7) is 2.72. The lowest BCUT2D eigenvalue weighted by molar-refractivity contribution is 0.374. The Morgan fingerprint density at radius 1 is 1.59 bits per heavy atom. The molecule has 3 N–H and O–H groups in total. The number of rotatable bonds is 7. The zero-order chi connectivity index (χ0) is 12.9. The number of nitrogens with zero attached hydrogens (tertiary/aromatic N) is 2. The second-order valence-corrected chi connectivity index (χ2v) is 5.59. The van der Waals surface area contributed by atoms with Gasteiger partial charge < -0.3 is 10.3 Å². The fraction of sp³-hybridized carbons (Fsp3) is 0.667. The number of nitrogens with two attached hydrogens (primary N) is 1. The first-order valence-electron chi connectivity index (χ1n) is 5.29. The summed E-state index contributed by atoms with van der Waals surface area (Å²) in [4.78, 5) is 0. The number of nitrogens with one attached hydrogen (secondary N) is 1. The van der Waals surface area contributed by atoms with Crippen LogP contribution in [0.1, 0.15) is 17.9 Å². The molecule has 7 nitrogen and oxygen atoms in total. The summed E-state index contributed by atoms with van der Waals surface area (Å²) in [7, 11) is -1.98. The molecule has 0 spiro atoms. The van der Waals surface area contributed by atoms with Crippen molar-refractivity contribution in [2.45, 2.75) is 19.9 Å². The monoisotopic (exact) mass is 262 g/mol. The Morgan fingerprint density at radius 2 is 2.29 bits per heavy atom. The van der Waals surface area contributed by atoms with Gasteiger partial charge in [-0.25, -0.2) is 0 Å². The van der Waals surface area contributed by atoms with E-state index in [-0.39, 0.29) is 6.54 Å². The highest BCUT2D eigenvalue weighted by Gasteiger charge is 2.17. The van der Waals surface area contributed by atoms with E-state index in [1.807, 2.05) is 0 Å². The van der Waals surface area contributed by atoms with Crippen LogP contribution in [-0.2, 0) is 16.8 Å². The van der Waals surface area contributed by atoms with Gasteiger partial charge in [0.25, 0.3) is 10.2 Å². The zero-order valence-corrected chi connectivity index (χ0v) is 10.8. The Labute approximate surface area is 101 Å². The summed E-state index contributed by atoms with van der Waals surface area (Å²) in [6.07, 6.45) is 0.624. The third kappa shape index (κ3) is 4.43. The normalized spacial score (nSPS) is 12.2. The molecule has 0 fully saturated rings. The smallest absolute Gasteiger partial charge is 0.279 e. The molecule has 0 amide bonds. The topological polar surface area (TPSA) is 101 Å². The summed E-state index contributed by atoms with van der Waals surface area (Å²) in [5.41, 5.74) is 6.04. The third-order valence-corrected chi connectivity index (χ3v) is 3.71. The van der Waals surface area contributed by atoms with Gasteiger partial charge in [0.2, 0.25) is 0 Å². The lowest BCUT2D eigenvalue weighted by Gasteiger charge is -2.16. The van der Waals surface area contributed by atoms with E-state index in [9.17, 15) is 8.42 Å². The Kier molecular flexibility index (Phi) is 5.06. The molecule has 1 rings (SSSR count). The molecule has 98 valence electrons. The van der Waals surface area contributed by atoms with Crippen LogP contribution in [0, 0.1) is 6.92 Å². The van der Waals surface area contributed by atoms with Crippen molar-refractivity contribution in [3.8, 4) is 0 Å². The molecular weight excluding hydrogens is 244 g/mol. The van der Waals surface area contributed by atoms with Gasteiger partial charge in [-0.05, 0) is 19.9 Å². The molecule has 1 aromatic rings. The minimum atomic E-state index is -3.48. The van der Waals surface area contributed by atoms with Crippen LogP contribution in [0.15, 0.2) is 10.6 Å². The van der Waals surface area contributed by atoms with Crippen LogP contribution in [0.3, 0.4) is 0 Å². The molecule has 0 aliphatic rings. The molecule has 0 aliphatic carbocycles. The summed E-state index contributed by atoms with van der Waals surface area (Å²) >= 11 is 0. The second kappa shape index (κ2) is 6.10. The molecular formula is C9H18N4O3S. The zero-order valence-electron chi connectivity index (χ0n) is 10.0. The number of aryl methyl sites for hydroxylation is 1. The summed E-state index contributed by atoms with van der Waals surface area (Å²) < 4.78 is 32.0. The first-order valence-corrected chi connectivity index (χ1v) is 6.73. The van der Waals surface area contributed by atoms with Gasteiger partial charge in [0, 0.05) is 19.7 Å². The molecule has 0 aliphatic heterocycles.